The van der Waals surface area contributed by atoms with Gasteiger partial charge in [0.25, 0.3) is 5.91 Å². The number of rotatable bonds is 9. The highest BCUT2D eigenvalue weighted by atomic mass is 19.1. The summed E-state index contributed by atoms with van der Waals surface area (Å²) in [6, 6.07) is 12.3. The second kappa shape index (κ2) is 12.6. The third kappa shape index (κ3) is 6.93. The number of hydrogen-bond donors (Lipinski definition) is 1. The van der Waals surface area contributed by atoms with Crippen LogP contribution in [-0.2, 0) is 14.3 Å². The Morgan fingerprint density at radius 2 is 1.76 bits per heavy atom. The molecule has 2 fully saturated rings. The van der Waals surface area contributed by atoms with E-state index in [9.17, 15) is 18.8 Å². The third-order valence-electron chi connectivity index (χ3n) is 6.54. The van der Waals surface area contributed by atoms with Gasteiger partial charge in [0.05, 0.1) is 25.1 Å². The van der Waals surface area contributed by atoms with Crippen molar-refractivity contribution in [2.45, 2.75) is 19.4 Å². The quantitative estimate of drug-likeness (QED) is 0.301. The molecular formula is C27H32FN5O5. The van der Waals surface area contributed by atoms with Crippen LogP contribution in [0.15, 0.2) is 53.5 Å². The SMILES string of the molecule is CCOC(=O)CCN1CCN(CC2CN(c3ccc(C(N)=NC(=O)c4ccccc4F)cc3)C(=O)O2)CC1. The molecule has 0 saturated carbocycles. The van der Waals surface area contributed by atoms with Crippen LogP contribution in [0.4, 0.5) is 14.9 Å². The molecule has 2 aromatic carbocycles. The number of nitrogens with zero attached hydrogens (tertiary/aromatic N) is 4. The predicted octanol–water partition coefficient (Wildman–Crippen LogP) is 2.27. The highest BCUT2D eigenvalue weighted by Gasteiger charge is 2.34. The van der Waals surface area contributed by atoms with Gasteiger partial charge in [0, 0.05) is 50.5 Å². The molecule has 0 aromatic heterocycles. The molecule has 10 nitrogen and oxygen atoms in total. The molecule has 4 rings (SSSR count). The first-order chi connectivity index (χ1) is 18.3. The Hall–Kier alpha value is -3.83. The van der Waals surface area contributed by atoms with Crippen molar-refractivity contribution in [3.05, 3.63) is 65.5 Å². The van der Waals surface area contributed by atoms with Crippen LogP contribution in [0.3, 0.4) is 0 Å². The summed E-state index contributed by atoms with van der Waals surface area (Å²) < 4.78 is 24.4. The number of amides is 2. The zero-order chi connectivity index (χ0) is 27.1. The lowest BCUT2D eigenvalue weighted by Gasteiger charge is -2.35. The molecule has 2 heterocycles. The van der Waals surface area contributed by atoms with Crippen LogP contribution < -0.4 is 10.6 Å². The van der Waals surface area contributed by atoms with Crippen LogP contribution in [0, 0.1) is 5.82 Å². The molecular weight excluding hydrogens is 493 g/mol. The number of halogens is 1. The van der Waals surface area contributed by atoms with Crippen molar-refractivity contribution < 1.29 is 28.2 Å². The zero-order valence-corrected chi connectivity index (χ0v) is 21.3. The van der Waals surface area contributed by atoms with Gasteiger partial charge < -0.3 is 20.1 Å². The highest BCUT2D eigenvalue weighted by Crippen LogP contribution is 2.23. The number of ether oxygens (including phenoxy) is 2. The number of esters is 1. The molecule has 11 heteroatoms. The van der Waals surface area contributed by atoms with Gasteiger partial charge in [-0.2, -0.15) is 4.99 Å². The number of piperazine rings is 1. The minimum absolute atomic E-state index is 0.0481. The van der Waals surface area contributed by atoms with Crippen LogP contribution in [0.5, 0.6) is 0 Å². The molecule has 2 aliphatic heterocycles. The lowest BCUT2D eigenvalue weighted by atomic mass is 10.1. The standard InChI is InChI=1S/C27H32FN5O5/c1-2-37-24(34)11-12-31-13-15-32(16-14-31)17-21-18-33(27(36)38-21)20-9-7-19(8-10-20)25(29)30-26(35)22-5-3-4-6-23(22)28/h3-10,21H,2,11-18H2,1H3,(H2,29,30,35). The smallest absolute Gasteiger partial charge is 0.414 e. The van der Waals surface area contributed by atoms with Gasteiger partial charge in [-0.15, -0.1) is 0 Å². The van der Waals surface area contributed by atoms with Gasteiger partial charge in [0.2, 0.25) is 0 Å². The first-order valence-electron chi connectivity index (χ1n) is 12.7. The fraction of sp³-hybridized carbons (Fsp3) is 0.407. The van der Waals surface area contributed by atoms with Crippen molar-refractivity contribution in [3.8, 4) is 0 Å². The van der Waals surface area contributed by atoms with Crippen LogP contribution in [0.2, 0.25) is 0 Å². The minimum Gasteiger partial charge on any atom is -0.466 e. The van der Waals surface area contributed by atoms with Gasteiger partial charge in [-0.05, 0) is 43.3 Å². The maximum atomic E-state index is 13.8. The van der Waals surface area contributed by atoms with Crippen molar-refractivity contribution in [2.24, 2.45) is 10.7 Å². The van der Waals surface area contributed by atoms with Crippen LogP contribution in [-0.4, -0.2) is 92.1 Å². The summed E-state index contributed by atoms with van der Waals surface area (Å²) >= 11 is 0. The van der Waals surface area contributed by atoms with Crippen molar-refractivity contribution in [1.82, 2.24) is 9.80 Å². The van der Waals surface area contributed by atoms with Gasteiger partial charge in [-0.25, -0.2) is 9.18 Å². The molecule has 0 bridgehead atoms. The van der Waals surface area contributed by atoms with E-state index in [2.05, 4.69) is 14.8 Å². The summed E-state index contributed by atoms with van der Waals surface area (Å²) in [5, 5.41) is 0. The molecule has 2 saturated heterocycles. The Kier molecular flexibility index (Phi) is 9.03. The average Bonchev–Trinajstić information content (AvgIpc) is 3.28. The Labute approximate surface area is 220 Å². The van der Waals surface area contributed by atoms with E-state index >= 15 is 0 Å². The molecule has 38 heavy (non-hydrogen) atoms. The van der Waals surface area contributed by atoms with Crippen LogP contribution >= 0.6 is 0 Å². The maximum absolute atomic E-state index is 13.8. The number of carbonyl (C=O) groups is 3. The Morgan fingerprint density at radius 1 is 1.08 bits per heavy atom. The molecule has 202 valence electrons. The molecule has 1 atom stereocenters. The highest BCUT2D eigenvalue weighted by molar-refractivity contribution is 6.09. The molecule has 0 radical (unpaired) electrons. The number of amidine groups is 1. The topological polar surface area (TPSA) is 118 Å². The van der Waals surface area contributed by atoms with Crippen molar-refractivity contribution in [3.63, 3.8) is 0 Å². The summed E-state index contributed by atoms with van der Waals surface area (Å²) in [6.07, 6.45) is -0.299. The zero-order valence-electron chi connectivity index (χ0n) is 21.3. The minimum atomic E-state index is -0.768. The largest absolute Gasteiger partial charge is 0.466 e. The van der Waals surface area contributed by atoms with E-state index in [1.165, 1.54) is 18.2 Å². The summed E-state index contributed by atoms with van der Waals surface area (Å²) in [5.41, 5.74) is 6.92. The summed E-state index contributed by atoms with van der Waals surface area (Å²) in [6.45, 7) is 7.26. The number of nitrogens with two attached hydrogens (primary N) is 1. The van der Waals surface area contributed by atoms with Crippen LogP contribution in [0.1, 0.15) is 29.3 Å². The molecule has 2 amide bonds. The monoisotopic (exact) mass is 525 g/mol. The number of aliphatic imine (C=N–C) groups is 1. The number of carbonyl (C=O) groups excluding carboxylic acids is 3. The van der Waals surface area contributed by atoms with E-state index in [1.807, 2.05) is 0 Å². The van der Waals surface area contributed by atoms with Gasteiger partial charge in [-0.3, -0.25) is 19.4 Å². The number of anilines is 1. The summed E-state index contributed by atoms with van der Waals surface area (Å²) in [7, 11) is 0. The van der Waals surface area contributed by atoms with Gasteiger partial charge >= 0.3 is 12.1 Å². The first-order valence-corrected chi connectivity index (χ1v) is 12.7. The molecule has 2 aromatic rings. The van der Waals surface area contributed by atoms with E-state index in [0.29, 0.717) is 43.9 Å². The van der Waals surface area contributed by atoms with Crippen LogP contribution in [0.25, 0.3) is 0 Å². The Bertz CT molecular complexity index is 1180. The fourth-order valence-electron chi connectivity index (χ4n) is 4.47. The number of cyclic esters (lactones) is 1. The maximum Gasteiger partial charge on any atom is 0.414 e. The lowest BCUT2D eigenvalue weighted by Crippen LogP contribution is -2.49. The molecule has 0 spiro atoms. The average molecular weight is 526 g/mol. The lowest BCUT2D eigenvalue weighted by molar-refractivity contribution is -0.143. The molecule has 1 unspecified atom stereocenters. The number of benzene rings is 2. The predicted molar refractivity (Wildman–Crippen MR) is 140 cm³/mol. The molecule has 2 N–H and O–H groups in total. The summed E-state index contributed by atoms with van der Waals surface area (Å²) in [5.74, 6) is -1.65. The molecule has 2 aliphatic rings. The second-order valence-electron chi connectivity index (χ2n) is 9.14. The second-order valence-corrected chi connectivity index (χ2v) is 9.14. The Balaban J connectivity index is 1.27. The molecule has 0 aliphatic carbocycles. The van der Waals surface area contributed by atoms with E-state index in [0.717, 1.165) is 26.2 Å². The Morgan fingerprint density at radius 3 is 2.45 bits per heavy atom. The fourth-order valence-corrected chi connectivity index (χ4v) is 4.47. The van der Waals surface area contributed by atoms with E-state index < -0.39 is 17.8 Å². The van der Waals surface area contributed by atoms with Crippen molar-refractivity contribution in [2.75, 3.05) is 57.3 Å². The first kappa shape index (κ1) is 27.2. The summed E-state index contributed by atoms with van der Waals surface area (Å²) in [4.78, 5) is 46.2. The van der Waals surface area contributed by atoms with E-state index in [1.54, 1.807) is 42.2 Å². The third-order valence-corrected chi connectivity index (χ3v) is 6.54. The normalized spacial score (nSPS) is 18.9. The van der Waals surface area contributed by atoms with Gasteiger partial charge in [0.15, 0.2) is 0 Å². The van der Waals surface area contributed by atoms with E-state index in [-0.39, 0.29) is 23.5 Å². The number of hydrogen-bond acceptors (Lipinski definition) is 7. The van der Waals surface area contributed by atoms with E-state index in [4.69, 9.17) is 15.2 Å². The van der Waals surface area contributed by atoms with Gasteiger partial charge in [-0.1, -0.05) is 12.1 Å². The van der Waals surface area contributed by atoms with Gasteiger partial charge in [0.1, 0.15) is 17.8 Å². The van der Waals surface area contributed by atoms with Crippen molar-refractivity contribution in [1.29, 1.82) is 0 Å². The van der Waals surface area contributed by atoms with Crippen molar-refractivity contribution >= 4 is 29.5 Å².